The quantitative estimate of drug-likeness (QED) is 0.366. The summed E-state index contributed by atoms with van der Waals surface area (Å²) >= 11 is 0. The summed E-state index contributed by atoms with van der Waals surface area (Å²) in [5.74, 6) is -0.542. The summed E-state index contributed by atoms with van der Waals surface area (Å²) in [5.41, 5.74) is 2.36. The van der Waals surface area contributed by atoms with Crippen molar-refractivity contribution in [1.82, 2.24) is 0 Å². The van der Waals surface area contributed by atoms with Gasteiger partial charge in [0.2, 0.25) is 0 Å². The van der Waals surface area contributed by atoms with Crippen molar-refractivity contribution in [2.45, 2.75) is 65.0 Å². The highest BCUT2D eigenvalue weighted by Gasteiger charge is 2.25. The molecule has 2 rings (SSSR count). The van der Waals surface area contributed by atoms with Crippen LogP contribution in [0.1, 0.15) is 57.1 Å². The minimum absolute atomic E-state index is 0.542. The van der Waals surface area contributed by atoms with Gasteiger partial charge in [-0.05, 0) is 24.5 Å². The fourth-order valence-electron chi connectivity index (χ4n) is 2.68. The smallest absolute Gasteiger partial charge is 0.166 e. The molecule has 0 saturated carbocycles. The minimum atomic E-state index is -0.542. The second kappa shape index (κ2) is 10.3. The van der Waals surface area contributed by atoms with E-state index in [4.69, 9.17) is 9.47 Å². The molecule has 0 aliphatic carbocycles. The molecule has 0 spiro atoms. The predicted molar refractivity (Wildman–Crippen MR) is 99.6 cm³/mol. The molecule has 0 aliphatic rings. The van der Waals surface area contributed by atoms with Crippen LogP contribution in [0.5, 0.6) is 0 Å². The van der Waals surface area contributed by atoms with Gasteiger partial charge >= 0.3 is 0 Å². The van der Waals surface area contributed by atoms with Crippen molar-refractivity contribution in [3.63, 3.8) is 0 Å². The molecule has 0 bridgehead atoms. The maximum atomic E-state index is 6.20. The van der Waals surface area contributed by atoms with Gasteiger partial charge in [-0.3, -0.25) is 0 Å². The van der Waals surface area contributed by atoms with Gasteiger partial charge in [-0.2, -0.15) is 0 Å². The van der Waals surface area contributed by atoms with Crippen LogP contribution in [0.25, 0.3) is 0 Å². The Balaban J connectivity index is 1.91. The van der Waals surface area contributed by atoms with Crippen LogP contribution in [0, 0.1) is 0 Å². The summed E-state index contributed by atoms with van der Waals surface area (Å²) in [5, 5.41) is 0. The molecule has 0 fully saturated rings. The van der Waals surface area contributed by atoms with Crippen molar-refractivity contribution >= 4 is 0 Å². The summed E-state index contributed by atoms with van der Waals surface area (Å²) in [6, 6.07) is 20.6. The molecule has 2 aromatic carbocycles. The van der Waals surface area contributed by atoms with E-state index in [0.29, 0.717) is 13.2 Å². The molecule has 0 aromatic heterocycles. The minimum Gasteiger partial charge on any atom is -0.346 e. The molecule has 0 unspecified atom stereocenters. The van der Waals surface area contributed by atoms with Crippen LogP contribution in [0.2, 0.25) is 0 Å². The van der Waals surface area contributed by atoms with Crippen LogP contribution in [-0.4, -0.2) is 5.79 Å². The Morgan fingerprint density at radius 1 is 0.708 bits per heavy atom. The van der Waals surface area contributed by atoms with E-state index in [1.54, 1.807) is 0 Å². The van der Waals surface area contributed by atoms with Crippen molar-refractivity contribution in [2.75, 3.05) is 0 Å². The lowest BCUT2D eigenvalue weighted by Gasteiger charge is -2.30. The fraction of sp³-hybridized carbons (Fsp3) is 0.455. The van der Waals surface area contributed by atoms with E-state index in [1.165, 1.54) is 30.4 Å². The third kappa shape index (κ3) is 6.86. The first-order chi connectivity index (χ1) is 11.7. The fourth-order valence-corrected chi connectivity index (χ4v) is 2.68. The summed E-state index contributed by atoms with van der Waals surface area (Å²) in [6.45, 7) is 5.47. The first-order valence-corrected chi connectivity index (χ1v) is 9.07. The zero-order valence-electron chi connectivity index (χ0n) is 15.0. The molecule has 2 aromatic rings. The standard InChI is InChI=1S/C22H30O2/c1-3-4-5-12-17-22(2,23-18-20-13-8-6-9-14-20)24-19-21-15-10-7-11-16-21/h6-11,13-16H,3-5,12,17-19H2,1-2H3. The highest BCUT2D eigenvalue weighted by molar-refractivity contribution is 5.14. The van der Waals surface area contributed by atoms with Gasteiger partial charge in [-0.25, -0.2) is 0 Å². The lowest BCUT2D eigenvalue weighted by Crippen LogP contribution is -2.32. The number of unbranched alkanes of at least 4 members (excludes halogenated alkanes) is 3. The van der Waals surface area contributed by atoms with Crippen molar-refractivity contribution in [3.05, 3.63) is 71.8 Å². The van der Waals surface area contributed by atoms with Gasteiger partial charge in [0.15, 0.2) is 5.79 Å². The topological polar surface area (TPSA) is 18.5 Å². The summed E-state index contributed by atoms with van der Waals surface area (Å²) < 4.78 is 12.4. The van der Waals surface area contributed by atoms with Gasteiger partial charge in [0, 0.05) is 6.42 Å². The number of hydrogen-bond donors (Lipinski definition) is 0. The average molecular weight is 326 g/mol. The Morgan fingerprint density at radius 3 is 1.67 bits per heavy atom. The number of hydrogen-bond acceptors (Lipinski definition) is 2. The SMILES string of the molecule is CCCCCCC(C)(OCc1ccccc1)OCc1ccccc1. The van der Waals surface area contributed by atoms with Gasteiger partial charge in [-0.15, -0.1) is 0 Å². The van der Waals surface area contributed by atoms with E-state index in [1.807, 2.05) is 36.4 Å². The van der Waals surface area contributed by atoms with E-state index < -0.39 is 5.79 Å². The van der Waals surface area contributed by atoms with E-state index in [2.05, 4.69) is 38.1 Å². The lowest BCUT2D eigenvalue weighted by atomic mass is 10.1. The van der Waals surface area contributed by atoms with Crippen LogP contribution < -0.4 is 0 Å². The first kappa shape index (κ1) is 18.7. The molecule has 0 amide bonds. The number of rotatable bonds is 11. The monoisotopic (exact) mass is 326 g/mol. The van der Waals surface area contributed by atoms with Crippen molar-refractivity contribution in [2.24, 2.45) is 0 Å². The van der Waals surface area contributed by atoms with Crippen LogP contribution in [-0.2, 0) is 22.7 Å². The molecule has 0 N–H and O–H groups in total. The highest BCUT2D eigenvalue weighted by atomic mass is 16.7. The Hall–Kier alpha value is -1.64. The lowest BCUT2D eigenvalue weighted by molar-refractivity contribution is -0.242. The average Bonchev–Trinajstić information content (AvgIpc) is 2.64. The Morgan fingerprint density at radius 2 is 1.21 bits per heavy atom. The maximum absolute atomic E-state index is 6.20. The highest BCUT2D eigenvalue weighted by Crippen LogP contribution is 2.24. The molecule has 2 nitrogen and oxygen atoms in total. The Bertz CT molecular complexity index is 507. The van der Waals surface area contributed by atoms with E-state index in [-0.39, 0.29) is 0 Å². The first-order valence-electron chi connectivity index (χ1n) is 9.07. The molecule has 24 heavy (non-hydrogen) atoms. The van der Waals surface area contributed by atoms with Gasteiger partial charge < -0.3 is 9.47 Å². The molecule has 0 saturated heterocycles. The van der Waals surface area contributed by atoms with Crippen molar-refractivity contribution in [1.29, 1.82) is 0 Å². The molecule has 130 valence electrons. The zero-order valence-corrected chi connectivity index (χ0v) is 15.0. The van der Waals surface area contributed by atoms with Gasteiger partial charge in [0.1, 0.15) is 0 Å². The summed E-state index contributed by atoms with van der Waals surface area (Å²) in [7, 11) is 0. The van der Waals surface area contributed by atoms with Crippen LogP contribution >= 0.6 is 0 Å². The largest absolute Gasteiger partial charge is 0.346 e. The van der Waals surface area contributed by atoms with Crippen molar-refractivity contribution in [3.8, 4) is 0 Å². The van der Waals surface area contributed by atoms with Gasteiger partial charge in [-0.1, -0.05) is 86.8 Å². The van der Waals surface area contributed by atoms with E-state index >= 15 is 0 Å². The molecule has 0 atom stereocenters. The maximum Gasteiger partial charge on any atom is 0.166 e. The molecule has 0 aliphatic heterocycles. The third-order valence-corrected chi connectivity index (χ3v) is 4.26. The van der Waals surface area contributed by atoms with Crippen molar-refractivity contribution < 1.29 is 9.47 Å². The molecular formula is C22H30O2. The summed E-state index contributed by atoms with van der Waals surface area (Å²) in [6.07, 6.45) is 5.80. The van der Waals surface area contributed by atoms with Gasteiger partial charge in [0.05, 0.1) is 13.2 Å². The predicted octanol–water partition coefficient (Wildman–Crippen LogP) is 6.11. The summed E-state index contributed by atoms with van der Waals surface area (Å²) in [4.78, 5) is 0. The normalized spacial score (nSPS) is 11.6. The van der Waals surface area contributed by atoms with Crippen LogP contribution in [0.3, 0.4) is 0 Å². The van der Waals surface area contributed by atoms with Gasteiger partial charge in [0.25, 0.3) is 0 Å². The second-order valence-electron chi connectivity index (χ2n) is 6.49. The molecule has 2 heteroatoms. The Kier molecular flexibility index (Phi) is 8.00. The number of ether oxygens (including phenoxy) is 2. The van der Waals surface area contributed by atoms with E-state index in [9.17, 15) is 0 Å². The van der Waals surface area contributed by atoms with Crippen LogP contribution in [0.15, 0.2) is 60.7 Å². The zero-order chi connectivity index (χ0) is 17.1. The van der Waals surface area contributed by atoms with E-state index in [0.717, 1.165) is 12.8 Å². The Labute approximate surface area is 146 Å². The molecule has 0 heterocycles. The molecule has 0 radical (unpaired) electrons. The second-order valence-corrected chi connectivity index (χ2v) is 6.49. The third-order valence-electron chi connectivity index (χ3n) is 4.26. The number of benzene rings is 2. The van der Waals surface area contributed by atoms with Crippen LogP contribution in [0.4, 0.5) is 0 Å². The molecular weight excluding hydrogens is 296 g/mol.